The van der Waals surface area contributed by atoms with Crippen molar-refractivity contribution in [1.29, 1.82) is 0 Å². The Morgan fingerprint density at radius 1 is 0.524 bits per heavy atom. The minimum Gasteiger partial charge on any atom is -0.394 e. The molecule has 4 rings (SSSR count). The third kappa shape index (κ3) is 6.60. The van der Waals surface area contributed by atoms with Crippen LogP contribution in [0.1, 0.15) is 6.42 Å². The Kier molecular flexibility index (Phi) is 11.5. The first-order chi connectivity index (χ1) is 19.8. The normalized spacial score (nSPS) is 53.8. The van der Waals surface area contributed by atoms with Gasteiger partial charge in [0.15, 0.2) is 18.9 Å². The van der Waals surface area contributed by atoms with E-state index in [0.29, 0.717) is 0 Å². The summed E-state index contributed by atoms with van der Waals surface area (Å²) in [6.45, 7) is -0.967. The first-order valence-corrected chi connectivity index (χ1v) is 13.9. The zero-order valence-electron chi connectivity index (χ0n) is 22.8. The molecule has 19 heteroatoms. The van der Waals surface area contributed by atoms with Gasteiger partial charge in [0.25, 0.3) is 0 Å². The summed E-state index contributed by atoms with van der Waals surface area (Å²) in [5.74, 6) is 0. The average molecular weight is 615 g/mol. The van der Waals surface area contributed by atoms with E-state index in [1.807, 2.05) is 0 Å². The summed E-state index contributed by atoms with van der Waals surface area (Å²) in [6.07, 6.45) is -19.8. The molecule has 42 heavy (non-hydrogen) atoms. The molecule has 1 aliphatic carbocycles. The lowest BCUT2D eigenvalue weighted by Gasteiger charge is -2.47. The molecule has 4 fully saturated rings. The molecule has 19 nitrogen and oxygen atoms in total. The van der Waals surface area contributed by atoms with Crippen molar-refractivity contribution in [2.45, 2.75) is 123 Å². The van der Waals surface area contributed by atoms with Crippen LogP contribution in [0.3, 0.4) is 0 Å². The molecule has 0 amide bonds. The fourth-order valence-corrected chi connectivity index (χ4v) is 5.74. The molecule has 0 radical (unpaired) electrons. The number of aliphatic hydroxyl groups is 7. The summed E-state index contributed by atoms with van der Waals surface area (Å²) >= 11 is 0. The quantitative estimate of drug-likeness (QED) is 0.115. The molecular formula is C23H46N6O13. The van der Waals surface area contributed by atoms with Gasteiger partial charge in [0.05, 0.1) is 24.8 Å². The van der Waals surface area contributed by atoms with Crippen molar-refractivity contribution >= 4 is 0 Å². The third-order valence-corrected chi connectivity index (χ3v) is 8.37. The van der Waals surface area contributed by atoms with Gasteiger partial charge >= 0.3 is 0 Å². The summed E-state index contributed by atoms with van der Waals surface area (Å²) in [5.41, 5.74) is 35.6. The van der Waals surface area contributed by atoms with Crippen LogP contribution >= 0.6 is 0 Å². The van der Waals surface area contributed by atoms with E-state index in [-0.39, 0.29) is 19.5 Å². The molecule has 1 saturated carbocycles. The summed E-state index contributed by atoms with van der Waals surface area (Å²) in [6, 6.07) is -4.18. The zero-order chi connectivity index (χ0) is 31.0. The minimum atomic E-state index is -1.60. The van der Waals surface area contributed by atoms with Crippen LogP contribution in [-0.4, -0.2) is 172 Å². The van der Waals surface area contributed by atoms with Gasteiger partial charge < -0.3 is 98.6 Å². The average Bonchev–Trinajstić information content (AvgIpc) is 3.27. The number of hydrogen-bond acceptors (Lipinski definition) is 19. The number of rotatable bonds is 9. The van der Waals surface area contributed by atoms with Crippen LogP contribution in [0.2, 0.25) is 0 Å². The van der Waals surface area contributed by atoms with E-state index in [0.717, 1.165) is 0 Å². The zero-order valence-corrected chi connectivity index (χ0v) is 22.8. The van der Waals surface area contributed by atoms with Crippen molar-refractivity contribution in [2.75, 3.05) is 19.7 Å². The van der Waals surface area contributed by atoms with Crippen LogP contribution < -0.4 is 34.4 Å². The van der Waals surface area contributed by atoms with Gasteiger partial charge in [0, 0.05) is 25.2 Å². The van der Waals surface area contributed by atoms with E-state index in [2.05, 4.69) is 0 Å². The Hall–Kier alpha value is -0.760. The molecule has 19 N–H and O–H groups in total. The van der Waals surface area contributed by atoms with Crippen molar-refractivity contribution in [2.24, 2.45) is 34.4 Å². The molecule has 19 atom stereocenters. The number of nitrogens with two attached hydrogens (primary N) is 6. The molecule has 1 unspecified atom stereocenters. The standard InChI is InChI=1S/C23H46N6O13/c24-2-7-13(32)15(34)10(28)21(37-7)40-18-6(27)1-5(26)12(31)20(18)42-23-17(36)19(9(4-30)39-23)41-22-11(29)16(35)14(33)8(3-25)38-22/h5-23,30-36H,1-4,24-29H2/t5-,6+,7-,8+,9-,10-,11?,12+,13-,14-,15-,16-,17-,18-,19-,20-,21-,22-,23+/m1/s1. The van der Waals surface area contributed by atoms with Gasteiger partial charge in [-0.25, -0.2) is 0 Å². The van der Waals surface area contributed by atoms with E-state index in [1.165, 1.54) is 0 Å². The monoisotopic (exact) mass is 614 g/mol. The van der Waals surface area contributed by atoms with Gasteiger partial charge in [-0.2, -0.15) is 0 Å². The third-order valence-electron chi connectivity index (χ3n) is 8.37. The second-order valence-electron chi connectivity index (χ2n) is 11.2. The van der Waals surface area contributed by atoms with Crippen molar-refractivity contribution < 1.29 is 64.2 Å². The Morgan fingerprint density at radius 2 is 0.976 bits per heavy atom. The van der Waals surface area contributed by atoms with Gasteiger partial charge in [0.1, 0.15) is 67.1 Å². The topological polar surface area (TPSA) is 353 Å². The van der Waals surface area contributed by atoms with E-state index >= 15 is 0 Å². The summed E-state index contributed by atoms with van der Waals surface area (Å²) in [7, 11) is 0. The van der Waals surface area contributed by atoms with Crippen LogP contribution in [0.15, 0.2) is 0 Å². The second-order valence-corrected chi connectivity index (χ2v) is 11.2. The molecule has 0 aromatic heterocycles. The van der Waals surface area contributed by atoms with E-state index in [9.17, 15) is 35.7 Å². The van der Waals surface area contributed by atoms with Crippen LogP contribution in [-0.2, 0) is 28.4 Å². The van der Waals surface area contributed by atoms with Crippen LogP contribution in [0, 0.1) is 0 Å². The lowest BCUT2D eigenvalue weighted by Crippen LogP contribution is -2.68. The predicted octanol–water partition coefficient (Wildman–Crippen LogP) is -8.90. The highest BCUT2D eigenvalue weighted by atomic mass is 16.8. The Labute approximate surface area is 241 Å². The maximum atomic E-state index is 11.1. The Balaban J connectivity index is 1.50. The molecule has 0 aromatic carbocycles. The molecule has 3 heterocycles. The van der Waals surface area contributed by atoms with Crippen molar-refractivity contribution in [1.82, 2.24) is 0 Å². The summed E-state index contributed by atoms with van der Waals surface area (Å²) < 4.78 is 34.6. The smallest absolute Gasteiger partial charge is 0.187 e. The first kappa shape index (κ1) is 34.1. The SMILES string of the molecule is NC[C@@H]1O[C@H](O[C@H]2[C@@H](O)[C@H](O[C@@H]3[C@@H](O)[C@H](N)C[C@H](N)[C@H]3O[C@H]3O[C@H](CN)[C@@H](O)[C@H](O)[C@H]3N)O[C@@H]2CO)C(N)[C@@H](O)[C@@H]1O. The molecule has 246 valence electrons. The molecule has 3 aliphatic heterocycles. The lowest BCUT2D eigenvalue weighted by molar-refractivity contribution is -0.306. The van der Waals surface area contributed by atoms with Crippen molar-refractivity contribution in [3.05, 3.63) is 0 Å². The largest absolute Gasteiger partial charge is 0.394 e. The molecular weight excluding hydrogens is 568 g/mol. The number of hydrogen-bond donors (Lipinski definition) is 13. The highest BCUT2D eigenvalue weighted by molar-refractivity contribution is 5.02. The van der Waals surface area contributed by atoms with Crippen molar-refractivity contribution in [3.63, 3.8) is 0 Å². The van der Waals surface area contributed by atoms with E-state index in [4.69, 9.17) is 62.8 Å². The molecule has 0 spiro atoms. The van der Waals surface area contributed by atoms with Gasteiger partial charge in [-0.05, 0) is 6.42 Å². The predicted molar refractivity (Wildman–Crippen MR) is 138 cm³/mol. The molecule has 3 saturated heterocycles. The fraction of sp³-hybridized carbons (Fsp3) is 1.00. The molecule has 4 aliphatic rings. The van der Waals surface area contributed by atoms with Crippen LogP contribution in [0.5, 0.6) is 0 Å². The summed E-state index contributed by atoms with van der Waals surface area (Å²) in [4.78, 5) is 0. The molecule has 0 aromatic rings. The maximum Gasteiger partial charge on any atom is 0.187 e. The van der Waals surface area contributed by atoms with Gasteiger partial charge in [0.2, 0.25) is 0 Å². The Bertz CT molecular complexity index is 868. The van der Waals surface area contributed by atoms with Gasteiger partial charge in [-0.1, -0.05) is 0 Å². The Morgan fingerprint density at radius 3 is 1.45 bits per heavy atom. The van der Waals surface area contributed by atoms with Crippen LogP contribution in [0.4, 0.5) is 0 Å². The van der Waals surface area contributed by atoms with Gasteiger partial charge in [-0.15, -0.1) is 0 Å². The highest BCUT2D eigenvalue weighted by Crippen LogP contribution is 2.34. The van der Waals surface area contributed by atoms with Gasteiger partial charge in [-0.3, -0.25) is 0 Å². The summed E-state index contributed by atoms with van der Waals surface area (Å²) in [5, 5.41) is 73.0. The van der Waals surface area contributed by atoms with E-state index < -0.39 is 123 Å². The minimum absolute atomic E-state index is 0.0889. The number of aliphatic hydroxyl groups excluding tert-OH is 7. The fourth-order valence-electron chi connectivity index (χ4n) is 5.74. The maximum absolute atomic E-state index is 11.1. The van der Waals surface area contributed by atoms with E-state index in [1.54, 1.807) is 0 Å². The molecule has 0 bridgehead atoms. The van der Waals surface area contributed by atoms with Crippen molar-refractivity contribution in [3.8, 4) is 0 Å². The number of ether oxygens (including phenoxy) is 6. The van der Waals surface area contributed by atoms with Crippen LogP contribution in [0.25, 0.3) is 0 Å². The lowest BCUT2D eigenvalue weighted by atomic mass is 9.84. The highest BCUT2D eigenvalue weighted by Gasteiger charge is 2.54. The first-order valence-electron chi connectivity index (χ1n) is 13.9. The second kappa shape index (κ2) is 14.1.